The number of thioether (sulfide) groups is 1. The Kier molecular flexibility index (Phi) is 5.58. The van der Waals surface area contributed by atoms with Crippen LogP contribution in [0.3, 0.4) is 0 Å². The number of nitrogens with one attached hydrogen (secondary N) is 1. The van der Waals surface area contributed by atoms with Crippen LogP contribution in [0, 0.1) is 0 Å². The zero-order valence-corrected chi connectivity index (χ0v) is 16.3. The first-order chi connectivity index (χ1) is 12.5. The van der Waals surface area contributed by atoms with Gasteiger partial charge in [-0.2, -0.15) is 0 Å². The van der Waals surface area contributed by atoms with Crippen molar-refractivity contribution in [3.63, 3.8) is 0 Å². The van der Waals surface area contributed by atoms with Gasteiger partial charge in [0, 0.05) is 33.5 Å². The minimum Gasteiger partial charge on any atom is -0.455 e. The molecule has 1 aromatic carbocycles. The molecule has 0 spiro atoms. The van der Waals surface area contributed by atoms with Gasteiger partial charge in [-0.25, -0.2) is 4.98 Å². The maximum absolute atomic E-state index is 12.5. The fourth-order valence-electron chi connectivity index (χ4n) is 2.46. The first-order valence-electron chi connectivity index (χ1n) is 7.91. The van der Waals surface area contributed by atoms with E-state index in [9.17, 15) is 4.79 Å². The lowest BCUT2D eigenvalue weighted by Gasteiger charge is -2.19. The van der Waals surface area contributed by atoms with Crippen molar-refractivity contribution in [3.05, 3.63) is 59.3 Å². The van der Waals surface area contributed by atoms with E-state index in [-0.39, 0.29) is 11.7 Å². The molecule has 2 aromatic heterocycles. The summed E-state index contributed by atoms with van der Waals surface area (Å²) in [4.78, 5) is 18.6. The van der Waals surface area contributed by atoms with Gasteiger partial charge in [-0.1, -0.05) is 29.4 Å². The second-order valence-electron chi connectivity index (χ2n) is 5.86. The molecule has 0 atom stereocenters. The van der Waals surface area contributed by atoms with Crippen LogP contribution in [0.25, 0.3) is 0 Å². The number of para-hydroxylation sites is 1. The zero-order valence-electron chi connectivity index (χ0n) is 14.7. The molecule has 8 heteroatoms. The third-order valence-electron chi connectivity index (χ3n) is 3.69. The molecule has 136 valence electrons. The van der Waals surface area contributed by atoms with Crippen molar-refractivity contribution >= 4 is 40.6 Å². The van der Waals surface area contributed by atoms with E-state index >= 15 is 0 Å². The Morgan fingerprint density at radius 2 is 2.15 bits per heavy atom. The third kappa shape index (κ3) is 4.05. The number of anilines is 2. The Bertz CT molecular complexity index is 920. The molecule has 0 radical (unpaired) electrons. The Labute approximate surface area is 161 Å². The SMILES string of the molecule is CN(C)c1c(Cl)cccc1NC(=O)c1ccc(CSc2nccn2C)o1. The van der Waals surface area contributed by atoms with E-state index in [1.807, 2.05) is 36.8 Å². The number of benzene rings is 1. The summed E-state index contributed by atoms with van der Waals surface area (Å²) in [6.45, 7) is 0. The maximum atomic E-state index is 12.5. The summed E-state index contributed by atoms with van der Waals surface area (Å²) < 4.78 is 7.60. The number of aromatic nitrogens is 2. The molecule has 0 aliphatic heterocycles. The van der Waals surface area contributed by atoms with E-state index in [1.54, 1.807) is 48.3 Å². The fraction of sp³-hybridized carbons (Fsp3) is 0.222. The summed E-state index contributed by atoms with van der Waals surface area (Å²) in [7, 11) is 5.68. The Morgan fingerprint density at radius 1 is 1.35 bits per heavy atom. The lowest BCUT2D eigenvalue weighted by atomic mass is 10.2. The largest absolute Gasteiger partial charge is 0.455 e. The zero-order chi connectivity index (χ0) is 18.7. The number of hydrogen-bond acceptors (Lipinski definition) is 5. The number of furan rings is 1. The van der Waals surface area contributed by atoms with Gasteiger partial charge in [-0.3, -0.25) is 4.79 Å². The van der Waals surface area contributed by atoms with Gasteiger partial charge in [0.15, 0.2) is 10.9 Å². The van der Waals surface area contributed by atoms with Crippen LogP contribution in [0.2, 0.25) is 5.02 Å². The summed E-state index contributed by atoms with van der Waals surface area (Å²) >= 11 is 7.78. The molecule has 0 bridgehead atoms. The highest BCUT2D eigenvalue weighted by molar-refractivity contribution is 7.98. The summed E-state index contributed by atoms with van der Waals surface area (Å²) in [5.41, 5.74) is 1.38. The highest BCUT2D eigenvalue weighted by Gasteiger charge is 2.16. The number of nitrogens with zero attached hydrogens (tertiary/aromatic N) is 3. The first kappa shape index (κ1) is 18.4. The Balaban J connectivity index is 1.69. The van der Waals surface area contributed by atoms with E-state index < -0.39 is 0 Å². The summed E-state index contributed by atoms with van der Waals surface area (Å²) in [5.74, 6) is 1.24. The van der Waals surface area contributed by atoms with Crippen LogP contribution in [0.1, 0.15) is 16.3 Å². The molecule has 0 unspecified atom stereocenters. The predicted molar refractivity (Wildman–Crippen MR) is 105 cm³/mol. The van der Waals surface area contributed by atoms with E-state index in [2.05, 4.69) is 10.3 Å². The van der Waals surface area contributed by atoms with E-state index in [0.29, 0.717) is 22.2 Å². The van der Waals surface area contributed by atoms with Crippen molar-refractivity contribution < 1.29 is 9.21 Å². The minimum absolute atomic E-state index is 0.255. The van der Waals surface area contributed by atoms with Gasteiger partial charge >= 0.3 is 0 Å². The lowest BCUT2D eigenvalue weighted by molar-refractivity contribution is 0.0995. The van der Waals surface area contributed by atoms with Crippen LogP contribution in [-0.2, 0) is 12.8 Å². The van der Waals surface area contributed by atoms with Crippen LogP contribution in [-0.4, -0.2) is 29.6 Å². The van der Waals surface area contributed by atoms with Crippen molar-refractivity contribution in [2.24, 2.45) is 7.05 Å². The summed E-state index contributed by atoms with van der Waals surface area (Å²) in [5, 5.41) is 4.32. The van der Waals surface area contributed by atoms with Gasteiger partial charge in [-0.05, 0) is 24.3 Å². The molecule has 1 amide bonds. The monoisotopic (exact) mass is 390 g/mol. The minimum atomic E-state index is -0.316. The molecule has 6 nitrogen and oxygen atoms in total. The molecule has 2 heterocycles. The number of halogens is 1. The van der Waals surface area contributed by atoms with Gasteiger partial charge in [0.1, 0.15) is 5.76 Å². The molecule has 0 fully saturated rings. The fourth-order valence-corrected chi connectivity index (χ4v) is 3.63. The molecular formula is C18H19ClN4O2S. The Hall–Kier alpha value is -2.38. The number of amides is 1. The lowest BCUT2D eigenvalue weighted by Crippen LogP contribution is -2.16. The predicted octanol–water partition coefficient (Wildman–Crippen LogP) is 4.28. The van der Waals surface area contributed by atoms with Gasteiger partial charge in [0.2, 0.25) is 0 Å². The van der Waals surface area contributed by atoms with Crippen LogP contribution >= 0.6 is 23.4 Å². The number of rotatable bonds is 6. The second-order valence-corrected chi connectivity index (χ2v) is 7.21. The van der Waals surface area contributed by atoms with Gasteiger partial charge in [-0.15, -0.1) is 0 Å². The molecule has 3 aromatic rings. The molecule has 3 rings (SSSR count). The second kappa shape index (κ2) is 7.88. The number of hydrogen-bond donors (Lipinski definition) is 1. The number of carbonyl (C=O) groups is 1. The molecule has 0 aliphatic rings. The molecule has 0 aliphatic carbocycles. The highest BCUT2D eigenvalue weighted by atomic mass is 35.5. The van der Waals surface area contributed by atoms with Crippen LogP contribution in [0.4, 0.5) is 11.4 Å². The van der Waals surface area contributed by atoms with Crippen molar-refractivity contribution in [2.45, 2.75) is 10.9 Å². The average molecular weight is 391 g/mol. The van der Waals surface area contributed by atoms with Crippen molar-refractivity contribution in [1.82, 2.24) is 9.55 Å². The molecule has 0 saturated carbocycles. The molecular weight excluding hydrogens is 372 g/mol. The van der Waals surface area contributed by atoms with Crippen LogP contribution in [0.5, 0.6) is 0 Å². The topological polar surface area (TPSA) is 63.3 Å². The highest BCUT2D eigenvalue weighted by Crippen LogP contribution is 2.33. The number of aryl methyl sites for hydroxylation is 1. The standard InChI is InChI=1S/C18H19ClN4O2S/c1-22(2)16-13(19)5-4-6-14(16)21-17(24)15-8-7-12(25-15)11-26-18-20-9-10-23(18)3/h4-10H,11H2,1-3H3,(H,21,24). The van der Waals surface area contributed by atoms with Crippen molar-refractivity contribution in [1.29, 1.82) is 0 Å². The smallest absolute Gasteiger partial charge is 0.291 e. The number of carbonyl (C=O) groups excluding carboxylic acids is 1. The van der Waals surface area contributed by atoms with Crippen LogP contribution in [0.15, 0.2) is 52.3 Å². The third-order valence-corrected chi connectivity index (χ3v) is 5.07. The Morgan fingerprint density at radius 3 is 2.85 bits per heavy atom. The normalized spacial score (nSPS) is 10.8. The van der Waals surface area contributed by atoms with Gasteiger partial charge in [0.05, 0.1) is 22.2 Å². The number of imidazole rings is 1. The van der Waals surface area contributed by atoms with Crippen LogP contribution < -0.4 is 10.2 Å². The van der Waals surface area contributed by atoms with Crippen molar-refractivity contribution in [3.8, 4) is 0 Å². The molecule has 26 heavy (non-hydrogen) atoms. The van der Waals surface area contributed by atoms with E-state index in [0.717, 1.165) is 10.8 Å². The van der Waals surface area contributed by atoms with E-state index in [1.165, 1.54) is 0 Å². The summed E-state index contributed by atoms with van der Waals surface area (Å²) in [6.07, 6.45) is 3.63. The van der Waals surface area contributed by atoms with Crippen molar-refractivity contribution in [2.75, 3.05) is 24.3 Å². The average Bonchev–Trinajstić information content (AvgIpc) is 3.21. The molecule has 0 saturated heterocycles. The van der Waals surface area contributed by atoms with Gasteiger partial charge < -0.3 is 19.2 Å². The van der Waals surface area contributed by atoms with Gasteiger partial charge in [0.25, 0.3) is 5.91 Å². The first-order valence-corrected chi connectivity index (χ1v) is 9.28. The molecule has 1 N–H and O–H groups in total. The maximum Gasteiger partial charge on any atom is 0.291 e. The summed E-state index contributed by atoms with van der Waals surface area (Å²) in [6, 6.07) is 8.85. The quantitative estimate of drug-likeness (QED) is 0.636. The van der Waals surface area contributed by atoms with E-state index in [4.69, 9.17) is 16.0 Å².